The van der Waals surface area contributed by atoms with Crippen molar-refractivity contribution < 1.29 is 4.39 Å². The molecule has 0 bridgehead atoms. The molecule has 0 amide bonds. The van der Waals surface area contributed by atoms with E-state index in [1.54, 1.807) is 6.07 Å². The molecule has 0 unspecified atom stereocenters. The van der Waals surface area contributed by atoms with Crippen LogP contribution >= 0.6 is 12.1 Å². The highest BCUT2D eigenvalue weighted by Crippen LogP contribution is 2.44. The fourth-order valence-corrected chi connectivity index (χ4v) is 2.50. The van der Waals surface area contributed by atoms with Gasteiger partial charge in [-0.05, 0) is 24.3 Å². The highest BCUT2D eigenvalue weighted by Gasteiger charge is 2.21. The van der Waals surface area contributed by atoms with Crippen molar-refractivity contribution >= 4 is 29.2 Å². The monoisotopic (exact) mass is 232 g/mol. The van der Waals surface area contributed by atoms with Gasteiger partial charge in [0.2, 0.25) is 0 Å². The third-order valence-corrected chi connectivity index (χ3v) is 3.32. The van der Waals surface area contributed by atoms with E-state index in [0.717, 1.165) is 17.1 Å². The number of nitrogens with one attached hydrogen (secondary N) is 1. The number of rotatable bonds is 1. The number of fused-ring (bicyclic) bond motifs is 1. The molecule has 1 heterocycles. The van der Waals surface area contributed by atoms with Crippen LogP contribution in [0.2, 0.25) is 0 Å². The molecule has 1 aliphatic rings. The molecule has 0 atom stereocenters. The summed E-state index contributed by atoms with van der Waals surface area (Å²) in [5.41, 5.74) is 2.87. The molecule has 2 aromatic carbocycles. The lowest BCUT2D eigenvalue weighted by molar-refractivity contribution is 0.629. The Morgan fingerprint density at radius 2 is 1.88 bits per heavy atom. The van der Waals surface area contributed by atoms with Gasteiger partial charge in [0.15, 0.2) is 0 Å². The van der Waals surface area contributed by atoms with E-state index in [9.17, 15) is 4.39 Å². The van der Waals surface area contributed by atoms with Crippen molar-refractivity contribution in [2.45, 2.75) is 0 Å². The molecule has 2 nitrogen and oxygen atoms in total. The SMILES string of the molecule is Fc1ccc2c(c1)NSN2c1ccccc1. The Morgan fingerprint density at radius 1 is 1.06 bits per heavy atom. The number of nitrogens with zero attached hydrogens (tertiary/aromatic N) is 1. The summed E-state index contributed by atoms with van der Waals surface area (Å²) >= 11 is 1.45. The highest BCUT2D eigenvalue weighted by molar-refractivity contribution is 8.02. The molecule has 0 aromatic heterocycles. The molecule has 0 radical (unpaired) electrons. The highest BCUT2D eigenvalue weighted by atomic mass is 32.2. The average molecular weight is 232 g/mol. The third-order valence-electron chi connectivity index (χ3n) is 2.41. The quantitative estimate of drug-likeness (QED) is 0.749. The molecular weight excluding hydrogens is 223 g/mol. The van der Waals surface area contributed by atoms with Gasteiger partial charge in [-0.15, -0.1) is 0 Å². The van der Waals surface area contributed by atoms with Crippen molar-refractivity contribution in [2.24, 2.45) is 0 Å². The van der Waals surface area contributed by atoms with E-state index in [4.69, 9.17) is 0 Å². The van der Waals surface area contributed by atoms with Crippen LogP contribution in [-0.2, 0) is 0 Å². The predicted octanol–water partition coefficient (Wildman–Crippen LogP) is 3.95. The van der Waals surface area contributed by atoms with E-state index >= 15 is 0 Å². The van der Waals surface area contributed by atoms with E-state index in [-0.39, 0.29) is 5.82 Å². The zero-order valence-electron chi connectivity index (χ0n) is 8.35. The summed E-state index contributed by atoms with van der Waals surface area (Å²) in [7, 11) is 0. The normalized spacial score (nSPS) is 13.4. The van der Waals surface area contributed by atoms with Crippen LogP contribution in [0, 0.1) is 5.82 Å². The summed E-state index contributed by atoms with van der Waals surface area (Å²) in [5.74, 6) is -0.221. The van der Waals surface area contributed by atoms with E-state index < -0.39 is 0 Å². The summed E-state index contributed by atoms with van der Waals surface area (Å²) in [6.45, 7) is 0. The summed E-state index contributed by atoms with van der Waals surface area (Å²) < 4.78 is 18.2. The molecule has 0 saturated heterocycles. The fourth-order valence-electron chi connectivity index (χ4n) is 1.67. The molecule has 1 aliphatic heterocycles. The zero-order chi connectivity index (χ0) is 11.0. The molecule has 2 aromatic rings. The minimum Gasteiger partial charge on any atom is -0.310 e. The number of benzene rings is 2. The largest absolute Gasteiger partial charge is 0.310 e. The number of hydrogen-bond donors (Lipinski definition) is 1. The Kier molecular flexibility index (Phi) is 2.22. The lowest BCUT2D eigenvalue weighted by Crippen LogP contribution is -2.01. The number of para-hydroxylation sites is 1. The van der Waals surface area contributed by atoms with Crippen molar-refractivity contribution in [1.82, 2.24) is 0 Å². The smallest absolute Gasteiger partial charge is 0.125 e. The second kappa shape index (κ2) is 3.72. The average Bonchev–Trinajstić information content (AvgIpc) is 2.73. The van der Waals surface area contributed by atoms with E-state index in [1.807, 2.05) is 34.6 Å². The minimum atomic E-state index is -0.221. The lowest BCUT2D eigenvalue weighted by atomic mass is 10.2. The van der Waals surface area contributed by atoms with Crippen LogP contribution < -0.4 is 9.03 Å². The van der Waals surface area contributed by atoms with Crippen LogP contribution in [0.3, 0.4) is 0 Å². The van der Waals surface area contributed by atoms with Crippen molar-refractivity contribution in [3.63, 3.8) is 0 Å². The number of anilines is 3. The Labute approximate surface area is 97.4 Å². The second-order valence-electron chi connectivity index (χ2n) is 3.48. The first-order valence-electron chi connectivity index (χ1n) is 4.92. The fraction of sp³-hybridized carbons (Fsp3) is 0. The maximum absolute atomic E-state index is 13.0. The van der Waals surface area contributed by atoms with Gasteiger partial charge in [-0.25, -0.2) is 4.39 Å². The van der Waals surface area contributed by atoms with Crippen molar-refractivity contribution in [2.75, 3.05) is 9.03 Å². The number of hydrogen-bond acceptors (Lipinski definition) is 3. The number of halogens is 1. The van der Waals surface area contributed by atoms with Crippen molar-refractivity contribution in [1.29, 1.82) is 0 Å². The van der Waals surface area contributed by atoms with Gasteiger partial charge in [0.25, 0.3) is 0 Å². The van der Waals surface area contributed by atoms with Gasteiger partial charge >= 0.3 is 0 Å². The zero-order valence-corrected chi connectivity index (χ0v) is 9.17. The maximum atomic E-state index is 13.0. The Hall–Kier alpha value is -1.68. The summed E-state index contributed by atoms with van der Waals surface area (Å²) in [6.07, 6.45) is 0. The van der Waals surface area contributed by atoms with E-state index in [2.05, 4.69) is 4.72 Å². The third kappa shape index (κ3) is 1.51. The topological polar surface area (TPSA) is 15.3 Å². The van der Waals surface area contributed by atoms with Gasteiger partial charge in [0, 0.05) is 6.07 Å². The molecule has 4 heteroatoms. The van der Waals surface area contributed by atoms with Crippen molar-refractivity contribution in [3.05, 3.63) is 54.3 Å². The van der Waals surface area contributed by atoms with Crippen LogP contribution in [0.25, 0.3) is 0 Å². The van der Waals surface area contributed by atoms with Crippen LogP contribution in [0.15, 0.2) is 48.5 Å². The Balaban J connectivity index is 2.04. The van der Waals surface area contributed by atoms with Gasteiger partial charge in [-0.1, -0.05) is 18.2 Å². The van der Waals surface area contributed by atoms with Gasteiger partial charge in [0.05, 0.1) is 29.2 Å². The van der Waals surface area contributed by atoms with E-state index in [1.165, 1.54) is 24.3 Å². The van der Waals surface area contributed by atoms with Gasteiger partial charge in [0.1, 0.15) is 5.82 Å². The van der Waals surface area contributed by atoms with E-state index in [0.29, 0.717) is 0 Å². The first kappa shape index (κ1) is 9.54. The first-order valence-corrected chi connectivity index (χ1v) is 5.70. The Bertz CT molecular complexity index is 516. The van der Waals surface area contributed by atoms with Crippen LogP contribution in [0.1, 0.15) is 0 Å². The van der Waals surface area contributed by atoms with Gasteiger partial charge in [-0.3, -0.25) is 4.31 Å². The molecule has 0 spiro atoms. The molecule has 1 N–H and O–H groups in total. The van der Waals surface area contributed by atoms with Crippen LogP contribution in [-0.4, -0.2) is 0 Å². The molecular formula is C12H9FN2S. The van der Waals surface area contributed by atoms with Crippen LogP contribution in [0.4, 0.5) is 21.5 Å². The minimum absolute atomic E-state index is 0.221. The lowest BCUT2D eigenvalue weighted by Gasteiger charge is -2.15. The molecule has 0 aliphatic carbocycles. The molecule has 0 fully saturated rings. The Morgan fingerprint density at radius 3 is 2.69 bits per heavy atom. The predicted molar refractivity (Wildman–Crippen MR) is 66.2 cm³/mol. The maximum Gasteiger partial charge on any atom is 0.125 e. The molecule has 0 saturated carbocycles. The van der Waals surface area contributed by atoms with Gasteiger partial charge < -0.3 is 4.72 Å². The summed E-state index contributed by atoms with van der Waals surface area (Å²) in [4.78, 5) is 0. The summed E-state index contributed by atoms with van der Waals surface area (Å²) in [6, 6.07) is 14.7. The standard InChI is InChI=1S/C12H9FN2S/c13-9-6-7-12-11(8-9)14-16-15(12)10-4-2-1-3-5-10/h1-8,14H. The van der Waals surface area contributed by atoms with Crippen molar-refractivity contribution in [3.8, 4) is 0 Å². The van der Waals surface area contributed by atoms with Gasteiger partial charge in [-0.2, -0.15) is 0 Å². The second-order valence-corrected chi connectivity index (χ2v) is 4.24. The molecule has 16 heavy (non-hydrogen) atoms. The molecule has 80 valence electrons. The first-order chi connectivity index (χ1) is 7.84. The van der Waals surface area contributed by atoms with Crippen LogP contribution in [0.5, 0.6) is 0 Å². The molecule has 3 rings (SSSR count). The summed E-state index contributed by atoms with van der Waals surface area (Å²) in [5, 5.41) is 0.